The standard InChI is InChI=1S/C17H25N3O3/c1-4-18-16(21)10-14-17(22)19-7-8-20(14)11-13-5-6-15(23-3)12(2)9-13/h5-6,9,14H,4,7-8,10-11H2,1-3H3,(H,18,21)(H,19,22)/t14-/m1/s1. The van der Waals surface area contributed by atoms with Crippen molar-refractivity contribution in [2.45, 2.75) is 32.9 Å². The summed E-state index contributed by atoms with van der Waals surface area (Å²) in [5.74, 6) is 0.683. The van der Waals surface area contributed by atoms with Crippen LogP contribution in [0.15, 0.2) is 18.2 Å². The Bertz CT molecular complexity index is 574. The van der Waals surface area contributed by atoms with Gasteiger partial charge in [-0.3, -0.25) is 14.5 Å². The first-order chi connectivity index (χ1) is 11.0. The quantitative estimate of drug-likeness (QED) is 0.815. The molecule has 0 bridgehead atoms. The van der Waals surface area contributed by atoms with Gasteiger partial charge in [0, 0.05) is 26.2 Å². The van der Waals surface area contributed by atoms with Crippen LogP contribution in [0.25, 0.3) is 0 Å². The van der Waals surface area contributed by atoms with Gasteiger partial charge in [-0.25, -0.2) is 0 Å². The highest BCUT2D eigenvalue weighted by Gasteiger charge is 2.31. The summed E-state index contributed by atoms with van der Waals surface area (Å²) in [5, 5.41) is 5.60. The average Bonchev–Trinajstić information content (AvgIpc) is 2.51. The van der Waals surface area contributed by atoms with Crippen molar-refractivity contribution in [1.29, 1.82) is 0 Å². The third kappa shape index (κ3) is 4.45. The number of amides is 2. The second-order valence-electron chi connectivity index (χ2n) is 5.74. The van der Waals surface area contributed by atoms with E-state index in [1.54, 1.807) is 7.11 Å². The lowest BCUT2D eigenvalue weighted by molar-refractivity contribution is -0.134. The molecule has 23 heavy (non-hydrogen) atoms. The first-order valence-corrected chi connectivity index (χ1v) is 7.97. The Morgan fingerprint density at radius 3 is 2.91 bits per heavy atom. The molecule has 2 amide bonds. The largest absolute Gasteiger partial charge is 0.496 e. The van der Waals surface area contributed by atoms with Gasteiger partial charge in [0.1, 0.15) is 5.75 Å². The zero-order valence-electron chi connectivity index (χ0n) is 14.0. The molecule has 0 aromatic heterocycles. The maximum absolute atomic E-state index is 12.1. The molecule has 1 fully saturated rings. The highest BCUT2D eigenvalue weighted by Crippen LogP contribution is 2.21. The Labute approximate surface area is 137 Å². The highest BCUT2D eigenvalue weighted by molar-refractivity contribution is 5.88. The Morgan fingerprint density at radius 2 is 2.26 bits per heavy atom. The number of nitrogens with zero attached hydrogens (tertiary/aromatic N) is 1. The van der Waals surface area contributed by atoms with Gasteiger partial charge >= 0.3 is 0 Å². The fraction of sp³-hybridized carbons (Fsp3) is 0.529. The van der Waals surface area contributed by atoms with Crippen molar-refractivity contribution in [1.82, 2.24) is 15.5 Å². The number of rotatable bonds is 6. The van der Waals surface area contributed by atoms with Crippen LogP contribution in [-0.2, 0) is 16.1 Å². The van der Waals surface area contributed by atoms with Gasteiger partial charge in [-0.2, -0.15) is 0 Å². The predicted molar refractivity (Wildman–Crippen MR) is 88.2 cm³/mol. The lowest BCUT2D eigenvalue weighted by Gasteiger charge is -2.34. The SMILES string of the molecule is CCNC(=O)C[C@@H]1C(=O)NCCN1Cc1ccc(OC)c(C)c1. The van der Waals surface area contributed by atoms with Gasteiger partial charge in [-0.15, -0.1) is 0 Å². The minimum atomic E-state index is -0.419. The first-order valence-electron chi connectivity index (χ1n) is 7.97. The van der Waals surface area contributed by atoms with Crippen LogP contribution in [0.1, 0.15) is 24.5 Å². The van der Waals surface area contributed by atoms with E-state index in [0.717, 1.165) is 23.4 Å². The van der Waals surface area contributed by atoms with E-state index in [9.17, 15) is 9.59 Å². The molecule has 126 valence electrons. The first kappa shape index (κ1) is 17.3. The van der Waals surface area contributed by atoms with Gasteiger partial charge in [0.2, 0.25) is 11.8 Å². The lowest BCUT2D eigenvalue weighted by atomic mass is 10.1. The Kier molecular flexibility index (Phi) is 5.98. The van der Waals surface area contributed by atoms with Crippen LogP contribution in [0.3, 0.4) is 0 Å². The Hall–Kier alpha value is -2.08. The van der Waals surface area contributed by atoms with Gasteiger partial charge in [0.25, 0.3) is 0 Å². The Morgan fingerprint density at radius 1 is 1.48 bits per heavy atom. The number of aryl methyl sites for hydroxylation is 1. The van der Waals surface area contributed by atoms with Gasteiger partial charge in [-0.05, 0) is 31.0 Å². The molecule has 1 aromatic carbocycles. The molecule has 6 nitrogen and oxygen atoms in total. The molecule has 1 atom stereocenters. The molecule has 1 aromatic rings. The summed E-state index contributed by atoms with van der Waals surface area (Å²) in [4.78, 5) is 26.1. The third-order valence-electron chi connectivity index (χ3n) is 4.04. The van der Waals surface area contributed by atoms with Crippen molar-refractivity contribution >= 4 is 11.8 Å². The number of carbonyl (C=O) groups is 2. The highest BCUT2D eigenvalue weighted by atomic mass is 16.5. The molecular weight excluding hydrogens is 294 g/mol. The monoisotopic (exact) mass is 319 g/mol. The molecular formula is C17H25N3O3. The van der Waals surface area contributed by atoms with E-state index >= 15 is 0 Å². The maximum Gasteiger partial charge on any atom is 0.237 e. The van der Waals surface area contributed by atoms with Crippen molar-refractivity contribution in [2.24, 2.45) is 0 Å². The average molecular weight is 319 g/mol. The number of carbonyl (C=O) groups excluding carboxylic acids is 2. The minimum Gasteiger partial charge on any atom is -0.496 e. The van der Waals surface area contributed by atoms with Crippen LogP contribution in [0.2, 0.25) is 0 Å². The van der Waals surface area contributed by atoms with Crippen molar-refractivity contribution < 1.29 is 14.3 Å². The molecule has 0 aliphatic carbocycles. The number of piperazine rings is 1. The van der Waals surface area contributed by atoms with Crippen LogP contribution < -0.4 is 15.4 Å². The van der Waals surface area contributed by atoms with Crippen molar-refractivity contribution in [2.75, 3.05) is 26.7 Å². The fourth-order valence-corrected chi connectivity index (χ4v) is 2.89. The van der Waals surface area contributed by atoms with Crippen molar-refractivity contribution in [3.8, 4) is 5.75 Å². The molecule has 0 saturated carbocycles. The normalized spacial score (nSPS) is 18.4. The third-order valence-corrected chi connectivity index (χ3v) is 4.04. The van der Waals surface area contributed by atoms with E-state index in [1.165, 1.54) is 0 Å². The second kappa shape index (κ2) is 7.97. The Balaban J connectivity index is 2.10. The van der Waals surface area contributed by atoms with E-state index in [-0.39, 0.29) is 18.2 Å². The number of hydrogen-bond acceptors (Lipinski definition) is 4. The summed E-state index contributed by atoms with van der Waals surface area (Å²) in [6.45, 7) is 6.43. The van der Waals surface area contributed by atoms with Crippen LogP contribution in [0.4, 0.5) is 0 Å². The van der Waals surface area contributed by atoms with Gasteiger partial charge in [-0.1, -0.05) is 12.1 Å². The number of methoxy groups -OCH3 is 1. The minimum absolute atomic E-state index is 0.0762. The molecule has 1 aliphatic heterocycles. The molecule has 1 heterocycles. The van der Waals surface area contributed by atoms with E-state index < -0.39 is 6.04 Å². The molecule has 6 heteroatoms. The van der Waals surface area contributed by atoms with Crippen molar-refractivity contribution in [3.05, 3.63) is 29.3 Å². The van der Waals surface area contributed by atoms with E-state index in [0.29, 0.717) is 19.6 Å². The fourth-order valence-electron chi connectivity index (χ4n) is 2.89. The van der Waals surface area contributed by atoms with Crippen LogP contribution >= 0.6 is 0 Å². The summed E-state index contributed by atoms with van der Waals surface area (Å²) < 4.78 is 5.28. The van der Waals surface area contributed by atoms with E-state index in [4.69, 9.17) is 4.74 Å². The molecule has 1 aliphatic rings. The van der Waals surface area contributed by atoms with E-state index in [2.05, 4.69) is 21.6 Å². The van der Waals surface area contributed by atoms with E-state index in [1.807, 2.05) is 26.0 Å². The number of hydrogen-bond donors (Lipinski definition) is 2. The van der Waals surface area contributed by atoms with Crippen LogP contribution in [0.5, 0.6) is 5.75 Å². The number of ether oxygens (including phenoxy) is 1. The maximum atomic E-state index is 12.1. The van der Waals surface area contributed by atoms with Crippen LogP contribution in [0, 0.1) is 6.92 Å². The lowest BCUT2D eigenvalue weighted by Crippen LogP contribution is -2.56. The second-order valence-corrected chi connectivity index (χ2v) is 5.74. The zero-order valence-corrected chi connectivity index (χ0v) is 14.0. The zero-order chi connectivity index (χ0) is 16.8. The molecule has 0 unspecified atom stereocenters. The molecule has 2 N–H and O–H groups in total. The van der Waals surface area contributed by atoms with Gasteiger partial charge in [0.15, 0.2) is 0 Å². The summed E-state index contributed by atoms with van der Waals surface area (Å²) in [6, 6.07) is 5.58. The molecule has 2 rings (SSSR count). The smallest absolute Gasteiger partial charge is 0.237 e. The molecule has 1 saturated heterocycles. The summed E-state index contributed by atoms with van der Waals surface area (Å²) in [6.07, 6.45) is 0.189. The van der Waals surface area contributed by atoms with Gasteiger partial charge < -0.3 is 15.4 Å². The topological polar surface area (TPSA) is 70.7 Å². The summed E-state index contributed by atoms with van der Waals surface area (Å²) >= 11 is 0. The van der Waals surface area contributed by atoms with Crippen molar-refractivity contribution in [3.63, 3.8) is 0 Å². The number of benzene rings is 1. The number of nitrogens with one attached hydrogen (secondary N) is 2. The summed E-state index contributed by atoms with van der Waals surface area (Å²) in [7, 11) is 1.65. The predicted octanol–water partition coefficient (Wildman–Crippen LogP) is 0.830. The van der Waals surface area contributed by atoms with Crippen LogP contribution in [-0.4, -0.2) is 49.5 Å². The summed E-state index contributed by atoms with van der Waals surface area (Å²) in [5.41, 5.74) is 2.17. The molecule has 0 radical (unpaired) electrons. The van der Waals surface area contributed by atoms with Gasteiger partial charge in [0.05, 0.1) is 19.6 Å². The molecule has 0 spiro atoms.